The lowest BCUT2D eigenvalue weighted by molar-refractivity contribution is -0.141. The van der Waals surface area contributed by atoms with Crippen LogP contribution in [0.1, 0.15) is 39.6 Å². The largest absolute Gasteiger partial charge is 0.435 e. The van der Waals surface area contributed by atoms with Gasteiger partial charge in [-0.1, -0.05) is 35.5 Å². The predicted molar refractivity (Wildman–Crippen MR) is 152 cm³/mol. The molecule has 0 fully saturated rings. The van der Waals surface area contributed by atoms with Gasteiger partial charge in [0.1, 0.15) is 12.0 Å². The molecule has 0 radical (unpaired) electrons. The number of alkyl halides is 3. The van der Waals surface area contributed by atoms with Gasteiger partial charge in [-0.2, -0.15) is 18.3 Å². The molecule has 1 amide bonds. The second-order valence-corrected chi connectivity index (χ2v) is 10.9. The molecule has 1 aliphatic rings. The Morgan fingerprint density at radius 1 is 1.14 bits per heavy atom. The summed E-state index contributed by atoms with van der Waals surface area (Å²) in [6.45, 7) is 0.0683. The Kier molecular flexibility index (Phi) is 7.10. The highest BCUT2D eigenvalue weighted by molar-refractivity contribution is 7.78. The normalized spacial score (nSPS) is 15.8. The molecule has 2 aromatic heterocycles. The minimum Gasteiger partial charge on any atom is -0.380 e. The number of carbonyl (C=O) groups excluding carboxylic acids is 2. The van der Waals surface area contributed by atoms with E-state index >= 15 is 0 Å². The minimum absolute atomic E-state index is 0.0281. The lowest BCUT2D eigenvalue weighted by atomic mass is 9.87. The van der Waals surface area contributed by atoms with Crippen molar-refractivity contribution >= 4 is 45.7 Å². The molecule has 3 N–H and O–H groups in total. The molecule has 3 aromatic carbocycles. The number of hydrogen-bond acceptors (Lipinski definition) is 7. The summed E-state index contributed by atoms with van der Waals surface area (Å²) in [6, 6.07) is 17.1. The van der Waals surface area contributed by atoms with Crippen molar-refractivity contribution in [3.63, 3.8) is 0 Å². The standard InChI is InChI=1S/C29H22F3N5O5S/c30-29(31,32)26-13-24(37(34-26)19-6-8-25-22(12-19)27(33)35-42-25)28(39)36-10-9-17(14-38)21-11-16(5-7-23(21)36)20-4-2-1-3-18(20)15-43(40)41/h1-8,11-14,17H,9-10,15H2,(H2,33,35)(H,40,41). The first kappa shape index (κ1) is 28.3. The van der Waals surface area contributed by atoms with Crippen molar-refractivity contribution in [3.05, 3.63) is 89.2 Å². The molecule has 43 heavy (non-hydrogen) atoms. The maximum atomic E-state index is 14.0. The third kappa shape index (κ3) is 5.19. The number of nitrogen functional groups attached to an aromatic ring is 1. The summed E-state index contributed by atoms with van der Waals surface area (Å²) >= 11 is -2.09. The van der Waals surface area contributed by atoms with E-state index in [2.05, 4.69) is 10.3 Å². The number of rotatable bonds is 6. The van der Waals surface area contributed by atoms with E-state index in [0.717, 1.165) is 11.0 Å². The van der Waals surface area contributed by atoms with Gasteiger partial charge in [0, 0.05) is 24.2 Å². The van der Waals surface area contributed by atoms with Crippen molar-refractivity contribution < 1.29 is 36.0 Å². The van der Waals surface area contributed by atoms with E-state index in [9.17, 15) is 31.5 Å². The zero-order valence-electron chi connectivity index (χ0n) is 22.1. The summed E-state index contributed by atoms with van der Waals surface area (Å²) in [6.07, 6.45) is -3.83. The molecule has 0 bridgehead atoms. The Bertz CT molecular complexity index is 1920. The van der Waals surface area contributed by atoms with Crippen LogP contribution in [0.5, 0.6) is 0 Å². The summed E-state index contributed by atoms with van der Waals surface area (Å²) in [5.41, 5.74) is 7.49. The van der Waals surface area contributed by atoms with Gasteiger partial charge in [-0.15, -0.1) is 0 Å². The van der Waals surface area contributed by atoms with Crippen LogP contribution in [0.25, 0.3) is 27.8 Å². The molecule has 0 saturated heterocycles. The number of aldehydes is 1. The third-order valence-corrected chi connectivity index (χ3v) is 7.90. The Morgan fingerprint density at radius 3 is 2.67 bits per heavy atom. The van der Waals surface area contributed by atoms with E-state index in [1.165, 1.54) is 23.1 Å². The number of aromatic nitrogens is 3. The van der Waals surface area contributed by atoms with Crippen LogP contribution in [0.15, 0.2) is 71.3 Å². The highest BCUT2D eigenvalue weighted by atomic mass is 32.2. The first-order valence-electron chi connectivity index (χ1n) is 12.9. The SMILES string of the molecule is Nc1noc2ccc(-n3nc(C(F)(F)F)cc3C(=O)N3CCC(C=O)c4cc(-c5ccccc5CS(=O)O)ccc43)cc12. The fourth-order valence-electron chi connectivity index (χ4n) is 5.31. The summed E-state index contributed by atoms with van der Waals surface area (Å²) in [7, 11) is 0. The number of carbonyl (C=O) groups is 2. The van der Waals surface area contributed by atoms with Crippen LogP contribution >= 0.6 is 0 Å². The highest BCUT2D eigenvalue weighted by Crippen LogP contribution is 2.39. The number of nitrogens with zero attached hydrogens (tertiary/aromatic N) is 4. The smallest absolute Gasteiger partial charge is 0.380 e. The Balaban J connectivity index is 1.45. The molecule has 0 saturated carbocycles. The van der Waals surface area contributed by atoms with Crippen molar-refractivity contribution in [1.82, 2.24) is 14.9 Å². The Morgan fingerprint density at radius 2 is 1.93 bits per heavy atom. The fourth-order valence-corrected chi connectivity index (χ4v) is 5.82. The van der Waals surface area contributed by atoms with Crippen LogP contribution < -0.4 is 10.6 Å². The average molecular weight is 610 g/mol. The molecule has 2 unspecified atom stereocenters. The summed E-state index contributed by atoms with van der Waals surface area (Å²) in [5.74, 6) is -1.41. The van der Waals surface area contributed by atoms with Gasteiger partial charge in [-0.05, 0) is 59.0 Å². The number of benzene rings is 3. The molecule has 1 aliphatic heterocycles. The van der Waals surface area contributed by atoms with Gasteiger partial charge in [-0.3, -0.25) is 4.79 Å². The van der Waals surface area contributed by atoms with Gasteiger partial charge in [0.05, 0.1) is 16.8 Å². The number of hydrogen-bond donors (Lipinski definition) is 2. The van der Waals surface area contributed by atoms with Crippen molar-refractivity contribution in [3.8, 4) is 16.8 Å². The van der Waals surface area contributed by atoms with Gasteiger partial charge in [0.15, 0.2) is 28.2 Å². The minimum atomic E-state index is -4.83. The molecular formula is C29H22F3N5O5S. The second-order valence-electron chi connectivity index (χ2n) is 9.96. The maximum absolute atomic E-state index is 14.0. The predicted octanol–water partition coefficient (Wildman–Crippen LogP) is 5.34. The van der Waals surface area contributed by atoms with Crippen molar-refractivity contribution in [2.45, 2.75) is 24.3 Å². The second kappa shape index (κ2) is 10.8. The van der Waals surface area contributed by atoms with Crippen LogP contribution in [0.2, 0.25) is 0 Å². The molecular weight excluding hydrogens is 587 g/mol. The molecule has 10 nitrogen and oxygen atoms in total. The zero-order chi connectivity index (χ0) is 30.5. The fraction of sp³-hybridized carbons (Fsp3) is 0.172. The summed E-state index contributed by atoms with van der Waals surface area (Å²) < 4.78 is 68.4. The third-order valence-electron chi connectivity index (χ3n) is 7.34. The topological polar surface area (TPSA) is 145 Å². The van der Waals surface area contributed by atoms with Crippen LogP contribution in [0, 0.1) is 0 Å². The summed E-state index contributed by atoms with van der Waals surface area (Å²) in [5, 5.41) is 7.71. The monoisotopic (exact) mass is 609 g/mol. The van der Waals surface area contributed by atoms with E-state index < -0.39 is 34.8 Å². The van der Waals surface area contributed by atoms with Gasteiger partial charge >= 0.3 is 6.18 Å². The van der Waals surface area contributed by atoms with E-state index in [1.807, 2.05) is 0 Å². The molecule has 220 valence electrons. The molecule has 6 rings (SSSR count). The number of nitrogens with two attached hydrogens (primary N) is 1. The first-order valence-corrected chi connectivity index (χ1v) is 14.2. The van der Waals surface area contributed by atoms with Crippen LogP contribution in [0.3, 0.4) is 0 Å². The van der Waals surface area contributed by atoms with Crippen LogP contribution in [-0.2, 0) is 27.8 Å². The van der Waals surface area contributed by atoms with Crippen molar-refractivity contribution in [1.29, 1.82) is 0 Å². The summed E-state index contributed by atoms with van der Waals surface area (Å²) in [4.78, 5) is 27.4. The number of anilines is 2. The Labute approximate surface area is 244 Å². The lowest BCUT2D eigenvalue weighted by Crippen LogP contribution is -2.38. The van der Waals surface area contributed by atoms with Crippen molar-refractivity contribution in [2.75, 3.05) is 17.2 Å². The van der Waals surface area contributed by atoms with Crippen LogP contribution in [0.4, 0.5) is 24.7 Å². The van der Waals surface area contributed by atoms with Gasteiger partial charge in [0.25, 0.3) is 5.91 Å². The zero-order valence-corrected chi connectivity index (χ0v) is 22.9. The molecule has 0 aliphatic carbocycles. The maximum Gasteiger partial charge on any atom is 0.435 e. The van der Waals surface area contributed by atoms with Crippen LogP contribution in [-0.4, -0.2) is 42.4 Å². The molecule has 5 aromatic rings. The van der Waals surface area contributed by atoms with Crippen molar-refractivity contribution in [2.24, 2.45) is 0 Å². The van der Waals surface area contributed by atoms with Gasteiger partial charge < -0.3 is 24.5 Å². The van der Waals surface area contributed by atoms with E-state index in [0.29, 0.717) is 45.0 Å². The quantitative estimate of drug-likeness (QED) is 0.194. The van der Waals surface area contributed by atoms with E-state index in [4.69, 9.17) is 10.3 Å². The lowest BCUT2D eigenvalue weighted by Gasteiger charge is -2.33. The van der Waals surface area contributed by atoms with Gasteiger partial charge in [-0.25, -0.2) is 8.89 Å². The first-order chi connectivity index (χ1) is 20.5. The highest BCUT2D eigenvalue weighted by Gasteiger charge is 2.38. The van der Waals surface area contributed by atoms with E-state index in [1.54, 1.807) is 42.5 Å². The number of amides is 1. The molecule has 2 atom stereocenters. The molecule has 3 heterocycles. The molecule has 14 heteroatoms. The molecule has 0 spiro atoms. The Hall–Kier alpha value is -4.82. The number of fused-ring (bicyclic) bond motifs is 2. The average Bonchev–Trinajstić information content (AvgIpc) is 3.60. The number of halogens is 3. The van der Waals surface area contributed by atoms with Gasteiger partial charge in [0.2, 0.25) is 0 Å². The van der Waals surface area contributed by atoms with E-state index in [-0.39, 0.29) is 35.9 Å².